The average Bonchev–Trinajstić information content (AvgIpc) is 1.96. The summed E-state index contributed by atoms with van der Waals surface area (Å²) in [5.74, 6) is 0. The van der Waals surface area contributed by atoms with E-state index < -0.39 is 8.32 Å². The Morgan fingerprint density at radius 2 is 1.85 bits per heavy atom. The second-order valence-corrected chi connectivity index (χ2v) is 9.73. The quantitative estimate of drug-likeness (QED) is 0.549. The fourth-order valence-corrected chi connectivity index (χ4v) is 1.79. The van der Waals surface area contributed by atoms with E-state index in [9.17, 15) is 0 Å². The van der Waals surface area contributed by atoms with Crippen molar-refractivity contribution in [3.8, 4) is 0 Å². The zero-order valence-corrected chi connectivity index (χ0v) is 10.7. The highest BCUT2D eigenvalue weighted by Gasteiger charge is 2.36. The van der Waals surface area contributed by atoms with E-state index in [1.165, 1.54) is 0 Å². The van der Waals surface area contributed by atoms with Crippen LogP contribution in [-0.4, -0.2) is 21.5 Å². The van der Waals surface area contributed by atoms with E-state index in [4.69, 9.17) is 10.2 Å². The first-order valence-electron chi connectivity index (χ1n) is 4.97. The Balaban J connectivity index is 3.77. The summed E-state index contributed by atoms with van der Waals surface area (Å²) in [4.78, 5) is 0. The van der Waals surface area contributed by atoms with Gasteiger partial charge in [0, 0.05) is 6.61 Å². The van der Waals surface area contributed by atoms with E-state index in [0.29, 0.717) is 11.6 Å². The van der Waals surface area contributed by atoms with Crippen molar-refractivity contribution in [3.63, 3.8) is 0 Å². The first-order valence-corrected chi connectivity index (χ1v) is 7.88. The molecule has 0 heterocycles. The molecule has 0 saturated carbocycles. The van der Waals surface area contributed by atoms with Gasteiger partial charge in [-0.25, -0.2) is 0 Å². The minimum absolute atomic E-state index is 0.315. The summed E-state index contributed by atoms with van der Waals surface area (Å²) in [5, 5.41) is 0.315. The lowest BCUT2D eigenvalue weighted by Crippen LogP contribution is -2.41. The normalized spacial score (nSPS) is 13.4. The molecule has 0 aliphatic carbocycles. The lowest BCUT2D eigenvalue weighted by atomic mass is 10.2. The van der Waals surface area contributed by atoms with Crippen molar-refractivity contribution >= 4 is 8.32 Å². The van der Waals surface area contributed by atoms with Crippen LogP contribution >= 0.6 is 0 Å². The summed E-state index contributed by atoms with van der Waals surface area (Å²) in [7, 11) is -1.52. The SMILES string of the molecule is CC(C)(C)[Si](C)(C)OCC[CH]CN. The number of hydrogen-bond donors (Lipinski definition) is 1. The van der Waals surface area contributed by atoms with E-state index in [-0.39, 0.29) is 0 Å². The van der Waals surface area contributed by atoms with Crippen molar-refractivity contribution in [2.45, 2.75) is 45.3 Å². The molecule has 0 spiro atoms. The van der Waals surface area contributed by atoms with Gasteiger partial charge in [-0.05, 0) is 37.5 Å². The Morgan fingerprint density at radius 1 is 1.31 bits per heavy atom. The first kappa shape index (κ1) is 13.1. The minimum Gasteiger partial charge on any atom is -0.417 e. The summed E-state index contributed by atoms with van der Waals surface area (Å²) < 4.78 is 5.95. The van der Waals surface area contributed by atoms with Gasteiger partial charge < -0.3 is 10.2 Å². The van der Waals surface area contributed by atoms with Crippen molar-refractivity contribution in [2.24, 2.45) is 5.73 Å². The van der Waals surface area contributed by atoms with E-state index in [2.05, 4.69) is 40.3 Å². The van der Waals surface area contributed by atoms with Gasteiger partial charge in [-0.2, -0.15) is 0 Å². The van der Waals surface area contributed by atoms with Crippen LogP contribution in [0.4, 0.5) is 0 Å². The summed E-state index contributed by atoms with van der Waals surface area (Å²) >= 11 is 0. The molecule has 0 atom stereocenters. The Morgan fingerprint density at radius 3 is 2.23 bits per heavy atom. The molecule has 0 aliphatic heterocycles. The molecule has 1 radical (unpaired) electrons. The van der Waals surface area contributed by atoms with Crippen LogP contribution in [0.25, 0.3) is 0 Å². The summed E-state index contributed by atoms with van der Waals surface area (Å²) in [6.07, 6.45) is 3.04. The third-order valence-corrected chi connectivity index (χ3v) is 7.30. The van der Waals surface area contributed by atoms with Crippen LogP contribution in [0.2, 0.25) is 18.1 Å². The van der Waals surface area contributed by atoms with Crippen LogP contribution < -0.4 is 5.73 Å². The zero-order chi connectivity index (χ0) is 10.5. The van der Waals surface area contributed by atoms with Gasteiger partial charge in [0.15, 0.2) is 8.32 Å². The molecule has 0 rings (SSSR count). The van der Waals surface area contributed by atoms with Crippen LogP contribution in [0.5, 0.6) is 0 Å². The molecular formula is C10H24NOSi. The van der Waals surface area contributed by atoms with Gasteiger partial charge in [-0.15, -0.1) is 0 Å². The Hall–Kier alpha value is 0.137. The zero-order valence-electron chi connectivity index (χ0n) is 9.68. The van der Waals surface area contributed by atoms with E-state index in [1.807, 2.05) is 0 Å². The smallest absolute Gasteiger partial charge is 0.191 e. The standard InChI is InChI=1S/C10H24NOSi/c1-10(2,3)13(4,5)12-9-7-6-8-11/h6H,7-9,11H2,1-5H3. The molecule has 0 aromatic rings. The van der Waals surface area contributed by atoms with E-state index in [0.717, 1.165) is 13.0 Å². The maximum absolute atomic E-state index is 5.95. The predicted octanol–water partition coefficient (Wildman–Crippen LogP) is 2.56. The molecule has 0 aromatic carbocycles. The number of nitrogens with two attached hydrogens (primary N) is 1. The Kier molecular flexibility index (Phi) is 5.18. The molecule has 0 aromatic heterocycles. The van der Waals surface area contributed by atoms with E-state index in [1.54, 1.807) is 0 Å². The van der Waals surface area contributed by atoms with Crippen molar-refractivity contribution in [1.82, 2.24) is 0 Å². The Bertz CT molecular complexity index is 140. The highest BCUT2D eigenvalue weighted by molar-refractivity contribution is 6.74. The number of hydrogen-bond acceptors (Lipinski definition) is 2. The molecule has 3 heteroatoms. The topological polar surface area (TPSA) is 35.2 Å². The molecule has 2 nitrogen and oxygen atoms in total. The molecule has 0 fully saturated rings. The van der Waals surface area contributed by atoms with Crippen LogP contribution in [0.3, 0.4) is 0 Å². The summed E-state index contributed by atoms with van der Waals surface area (Å²) in [6, 6.07) is 0. The van der Waals surface area contributed by atoms with Crippen LogP contribution in [0, 0.1) is 6.42 Å². The van der Waals surface area contributed by atoms with Gasteiger partial charge >= 0.3 is 0 Å². The molecule has 2 N–H and O–H groups in total. The van der Waals surface area contributed by atoms with Gasteiger partial charge in [-0.1, -0.05) is 20.8 Å². The van der Waals surface area contributed by atoms with Crippen LogP contribution in [0.15, 0.2) is 0 Å². The highest BCUT2D eigenvalue weighted by Crippen LogP contribution is 2.36. The molecule has 0 saturated heterocycles. The van der Waals surface area contributed by atoms with E-state index >= 15 is 0 Å². The maximum Gasteiger partial charge on any atom is 0.191 e. The number of rotatable bonds is 5. The van der Waals surface area contributed by atoms with Gasteiger partial charge in [0.1, 0.15) is 0 Å². The molecule has 79 valence electrons. The van der Waals surface area contributed by atoms with Crippen molar-refractivity contribution in [1.29, 1.82) is 0 Å². The summed E-state index contributed by atoms with van der Waals surface area (Å²) in [5.41, 5.74) is 5.36. The number of unbranched alkanes of at least 4 members (excludes halogenated alkanes) is 1. The van der Waals surface area contributed by atoms with Crippen molar-refractivity contribution in [2.75, 3.05) is 13.2 Å². The molecule has 0 amide bonds. The molecule has 13 heavy (non-hydrogen) atoms. The van der Waals surface area contributed by atoms with Gasteiger partial charge in [0.25, 0.3) is 0 Å². The molecule has 0 unspecified atom stereocenters. The van der Waals surface area contributed by atoms with Crippen molar-refractivity contribution < 1.29 is 4.43 Å². The largest absolute Gasteiger partial charge is 0.417 e. The van der Waals surface area contributed by atoms with Gasteiger partial charge in [-0.3, -0.25) is 0 Å². The second kappa shape index (κ2) is 5.13. The first-order chi connectivity index (χ1) is 5.81. The molecule has 0 aliphatic rings. The fraction of sp³-hybridized carbons (Fsp3) is 0.900. The average molecular weight is 202 g/mol. The molecular weight excluding hydrogens is 178 g/mol. The maximum atomic E-state index is 5.95. The van der Waals surface area contributed by atoms with Gasteiger partial charge in [0.2, 0.25) is 0 Å². The van der Waals surface area contributed by atoms with Crippen LogP contribution in [-0.2, 0) is 4.43 Å². The lowest BCUT2D eigenvalue weighted by Gasteiger charge is -2.36. The van der Waals surface area contributed by atoms with Gasteiger partial charge in [0.05, 0.1) is 0 Å². The lowest BCUT2D eigenvalue weighted by molar-refractivity contribution is 0.290. The van der Waals surface area contributed by atoms with Crippen LogP contribution in [0.1, 0.15) is 27.2 Å². The third kappa shape index (κ3) is 4.79. The predicted molar refractivity (Wildman–Crippen MR) is 61.1 cm³/mol. The summed E-state index contributed by atoms with van der Waals surface area (Å²) in [6.45, 7) is 12.8. The van der Waals surface area contributed by atoms with Crippen molar-refractivity contribution in [3.05, 3.63) is 6.42 Å². The Labute approximate surface area is 84.0 Å². The second-order valence-electron chi connectivity index (χ2n) is 4.92. The monoisotopic (exact) mass is 202 g/mol. The minimum atomic E-state index is -1.52. The highest BCUT2D eigenvalue weighted by atomic mass is 28.4. The molecule has 0 bridgehead atoms. The third-order valence-electron chi connectivity index (χ3n) is 2.76. The fourth-order valence-electron chi connectivity index (χ4n) is 0.732.